The minimum atomic E-state index is 0.163. The van der Waals surface area contributed by atoms with E-state index in [4.69, 9.17) is 0 Å². The predicted molar refractivity (Wildman–Crippen MR) is 69.5 cm³/mol. The van der Waals surface area contributed by atoms with E-state index < -0.39 is 0 Å². The molecule has 0 aromatic rings. The van der Waals surface area contributed by atoms with Gasteiger partial charge in [0, 0.05) is 17.3 Å². The van der Waals surface area contributed by atoms with Crippen LogP contribution in [0.4, 0.5) is 0 Å². The third-order valence-corrected chi connectivity index (χ3v) is 5.25. The summed E-state index contributed by atoms with van der Waals surface area (Å²) in [5.41, 5.74) is 1.70. The van der Waals surface area contributed by atoms with Crippen molar-refractivity contribution in [2.45, 2.75) is 39.5 Å². The van der Waals surface area contributed by atoms with Crippen LogP contribution in [0.3, 0.4) is 0 Å². The van der Waals surface area contributed by atoms with E-state index in [1.807, 2.05) is 6.08 Å². The quantitative estimate of drug-likeness (QED) is 0.657. The van der Waals surface area contributed by atoms with Gasteiger partial charge in [-0.15, -0.1) is 6.58 Å². The van der Waals surface area contributed by atoms with Gasteiger partial charge in [-0.2, -0.15) is 0 Å². The highest BCUT2D eigenvalue weighted by Gasteiger charge is 2.73. The Kier molecular flexibility index (Phi) is 1.95. The number of ketones is 1. The number of Topliss-reactive ketones (excluding diaryl/α,β-unsaturated/α-hetero) is 1. The van der Waals surface area contributed by atoms with Gasteiger partial charge in [0.1, 0.15) is 0 Å². The number of hydrogen-bond acceptors (Lipinski definition) is 1. The van der Waals surface area contributed by atoms with Gasteiger partial charge in [-0.25, -0.2) is 0 Å². The molecule has 0 aliphatic heterocycles. The van der Waals surface area contributed by atoms with Gasteiger partial charge >= 0.3 is 0 Å². The first kappa shape index (κ1) is 11.0. The summed E-state index contributed by atoms with van der Waals surface area (Å²) in [7, 11) is 0. The van der Waals surface area contributed by atoms with E-state index in [9.17, 15) is 4.79 Å². The molecule has 0 bridgehead atoms. The Morgan fingerprint density at radius 3 is 2.94 bits per heavy atom. The molecule has 1 nitrogen and oxygen atoms in total. The van der Waals surface area contributed by atoms with Crippen LogP contribution in [0.25, 0.3) is 0 Å². The molecule has 17 heavy (non-hydrogen) atoms. The van der Waals surface area contributed by atoms with Crippen LogP contribution < -0.4 is 0 Å². The maximum Gasteiger partial charge on any atom is 0.159 e. The van der Waals surface area contributed by atoms with Gasteiger partial charge in [0.2, 0.25) is 0 Å². The second-order valence-electron chi connectivity index (χ2n) is 6.56. The van der Waals surface area contributed by atoms with Crippen molar-refractivity contribution in [1.82, 2.24) is 0 Å². The van der Waals surface area contributed by atoms with Crippen molar-refractivity contribution in [1.29, 1.82) is 0 Å². The van der Waals surface area contributed by atoms with Gasteiger partial charge in [0.05, 0.1) is 0 Å². The number of carbonyl (C=O) groups excluding carboxylic acids is 1. The molecule has 0 saturated heterocycles. The van der Waals surface area contributed by atoms with Crippen LogP contribution in [0.1, 0.15) is 39.5 Å². The zero-order chi connectivity index (χ0) is 12.3. The summed E-state index contributed by atoms with van der Waals surface area (Å²) < 4.78 is 0. The normalized spacial score (nSPS) is 41.3. The van der Waals surface area contributed by atoms with E-state index >= 15 is 0 Å². The fraction of sp³-hybridized carbons (Fsp3) is 0.562. The molecule has 90 valence electrons. The van der Waals surface area contributed by atoms with E-state index in [0.29, 0.717) is 12.2 Å². The van der Waals surface area contributed by atoms with Gasteiger partial charge in [0.15, 0.2) is 5.78 Å². The standard InChI is InChI=1S/C16H20O/c1-4-6-12-9-16-11-15(16,10-13(12)17)8-5-7-14(16,2)3/h4-5,8-9H,1,6-7,10-11H2,2-3H3. The van der Waals surface area contributed by atoms with Crippen molar-refractivity contribution in [3.05, 3.63) is 36.5 Å². The van der Waals surface area contributed by atoms with Crippen LogP contribution in [0.5, 0.6) is 0 Å². The topological polar surface area (TPSA) is 17.1 Å². The largest absolute Gasteiger partial charge is 0.295 e. The summed E-state index contributed by atoms with van der Waals surface area (Å²) >= 11 is 0. The van der Waals surface area contributed by atoms with Crippen LogP contribution in [-0.2, 0) is 4.79 Å². The summed E-state index contributed by atoms with van der Waals surface area (Å²) in [6.07, 6.45) is 12.5. The monoisotopic (exact) mass is 228 g/mol. The molecule has 3 aliphatic rings. The molecule has 3 rings (SSSR count). The maximum atomic E-state index is 12.1. The lowest BCUT2D eigenvalue weighted by Crippen LogP contribution is -2.36. The van der Waals surface area contributed by atoms with Crippen LogP contribution in [-0.4, -0.2) is 5.78 Å². The Bertz CT molecular complexity index is 466. The maximum absolute atomic E-state index is 12.1. The molecule has 0 amide bonds. The summed E-state index contributed by atoms with van der Waals surface area (Å²) in [5, 5.41) is 0. The molecule has 2 unspecified atom stereocenters. The van der Waals surface area contributed by atoms with Gasteiger partial charge < -0.3 is 0 Å². The Morgan fingerprint density at radius 1 is 1.47 bits per heavy atom. The minimum absolute atomic E-state index is 0.163. The molecule has 1 heteroatoms. The molecule has 1 fully saturated rings. The Labute approximate surface area is 103 Å². The zero-order valence-electron chi connectivity index (χ0n) is 10.8. The second-order valence-corrected chi connectivity index (χ2v) is 6.56. The average molecular weight is 228 g/mol. The smallest absolute Gasteiger partial charge is 0.159 e. The lowest BCUT2D eigenvalue weighted by molar-refractivity contribution is -0.117. The predicted octanol–water partition coefficient (Wildman–Crippen LogP) is 3.82. The highest BCUT2D eigenvalue weighted by Crippen LogP contribution is 2.79. The van der Waals surface area contributed by atoms with Gasteiger partial charge in [-0.05, 0) is 30.3 Å². The lowest BCUT2D eigenvalue weighted by Gasteiger charge is -2.41. The molecule has 3 aliphatic carbocycles. The van der Waals surface area contributed by atoms with Crippen LogP contribution in [0.15, 0.2) is 36.5 Å². The lowest BCUT2D eigenvalue weighted by atomic mass is 9.62. The highest BCUT2D eigenvalue weighted by molar-refractivity contribution is 5.98. The van der Waals surface area contributed by atoms with E-state index in [-0.39, 0.29) is 16.2 Å². The number of hydrogen-bond donors (Lipinski definition) is 0. The van der Waals surface area contributed by atoms with Crippen molar-refractivity contribution in [3.63, 3.8) is 0 Å². The number of allylic oxidation sites excluding steroid dienone is 5. The summed E-state index contributed by atoms with van der Waals surface area (Å²) in [5.74, 6) is 0.334. The van der Waals surface area contributed by atoms with Gasteiger partial charge in [-0.1, -0.05) is 38.2 Å². The average Bonchev–Trinajstić information content (AvgIpc) is 2.88. The van der Waals surface area contributed by atoms with Crippen LogP contribution in [0.2, 0.25) is 0 Å². The molecule has 0 N–H and O–H groups in total. The Balaban J connectivity index is 2.10. The molecule has 0 spiro atoms. The first-order valence-electron chi connectivity index (χ1n) is 6.50. The molecule has 0 aromatic heterocycles. The molecule has 0 heterocycles. The molecule has 2 atom stereocenters. The summed E-state index contributed by atoms with van der Waals surface area (Å²) in [6, 6.07) is 0. The van der Waals surface area contributed by atoms with E-state index in [2.05, 4.69) is 38.7 Å². The fourth-order valence-corrected chi connectivity index (χ4v) is 4.11. The summed E-state index contributed by atoms with van der Waals surface area (Å²) in [6.45, 7) is 8.44. The molecule has 1 saturated carbocycles. The molecular weight excluding hydrogens is 208 g/mol. The number of rotatable bonds is 2. The third-order valence-electron chi connectivity index (χ3n) is 5.25. The van der Waals surface area contributed by atoms with E-state index in [1.54, 1.807) is 0 Å². The van der Waals surface area contributed by atoms with Gasteiger partial charge in [-0.3, -0.25) is 4.79 Å². The fourth-order valence-electron chi connectivity index (χ4n) is 4.11. The van der Waals surface area contributed by atoms with Crippen molar-refractivity contribution in [3.8, 4) is 0 Å². The summed E-state index contributed by atoms with van der Waals surface area (Å²) in [4.78, 5) is 12.1. The Morgan fingerprint density at radius 2 is 2.24 bits per heavy atom. The first-order valence-corrected chi connectivity index (χ1v) is 6.50. The SMILES string of the molecule is C=CCC1=CC23CC2(C=CCC3(C)C)CC1=O. The first-order chi connectivity index (χ1) is 7.96. The minimum Gasteiger partial charge on any atom is -0.295 e. The second kappa shape index (κ2) is 3.01. The third kappa shape index (κ3) is 1.17. The number of carbonyl (C=O) groups is 1. The highest BCUT2D eigenvalue weighted by atomic mass is 16.1. The zero-order valence-corrected chi connectivity index (χ0v) is 10.8. The van der Waals surface area contributed by atoms with E-state index in [1.165, 1.54) is 0 Å². The van der Waals surface area contributed by atoms with Crippen molar-refractivity contribution in [2.75, 3.05) is 0 Å². The van der Waals surface area contributed by atoms with Crippen LogP contribution in [0, 0.1) is 16.2 Å². The van der Waals surface area contributed by atoms with Crippen molar-refractivity contribution >= 4 is 5.78 Å². The van der Waals surface area contributed by atoms with Crippen molar-refractivity contribution < 1.29 is 4.79 Å². The Hall–Kier alpha value is -1.11. The van der Waals surface area contributed by atoms with Crippen molar-refractivity contribution in [2.24, 2.45) is 16.2 Å². The van der Waals surface area contributed by atoms with Gasteiger partial charge in [0.25, 0.3) is 0 Å². The van der Waals surface area contributed by atoms with E-state index in [0.717, 1.165) is 24.8 Å². The molecule has 0 aromatic carbocycles. The van der Waals surface area contributed by atoms with Crippen LogP contribution >= 0.6 is 0 Å². The molecule has 0 radical (unpaired) electrons. The molecular formula is C16H20O.